The van der Waals surface area contributed by atoms with Crippen LogP contribution in [0.1, 0.15) is 44.0 Å². The van der Waals surface area contributed by atoms with E-state index in [4.69, 9.17) is 4.74 Å². The lowest BCUT2D eigenvalue weighted by Crippen LogP contribution is -2.08. The van der Waals surface area contributed by atoms with Crippen LogP contribution in [0.4, 0.5) is 0 Å². The molecule has 0 unspecified atom stereocenters. The van der Waals surface area contributed by atoms with Gasteiger partial charge in [-0.3, -0.25) is 9.59 Å². The fourth-order valence-electron chi connectivity index (χ4n) is 1.56. The van der Waals surface area contributed by atoms with E-state index in [1.807, 2.05) is 38.1 Å². The summed E-state index contributed by atoms with van der Waals surface area (Å²) in [7, 11) is 0. The Morgan fingerprint density at radius 2 is 1.85 bits per heavy atom. The van der Waals surface area contributed by atoms with Crippen LogP contribution in [0.5, 0.6) is 0 Å². The number of carbonyl (C=O) groups is 2. The van der Waals surface area contributed by atoms with Crippen molar-refractivity contribution >= 4 is 23.5 Å². The molecule has 3 nitrogen and oxygen atoms in total. The minimum absolute atomic E-state index is 0.00189. The van der Waals surface area contributed by atoms with Crippen molar-refractivity contribution in [2.45, 2.75) is 38.5 Å². The van der Waals surface area contributed by atoms with Crippen molar-refractivity contribution in [1.82, 2.24) is 0 Å². The van der Waals surface area contributed by atoms with Gasteiger partial charge in [-0.2, -0.15) is 0 Å². The standard InChI is InChI=1S/C16H22O3S/c1-4-5-10-19-15(17)11-20-14-8-6-13(7-9-14)16(18)12(2)3/h6-9,12H,4-5,10-11H2,1-3H3. The summed E-state index contributed by atoms with van der Waals surface area (Å²) in [4.78, 5) is 24.2. The molecule has 110 valence electrons. The Morgan fingerprint density at radius 3 is 2.40 bits per heavy atom. The van der Waals surface area contributed by atoms with Crippen LogP contribution in [0.3, 0.4) is 0 Å². The number of hydrogen-bond acceptors (Lipinski definition) is 4. The highest BCUT2D eigenvalue weighted by atomic mass is 32.2. The van der Waals surface area contributed by atoms with Crippen LogP contribution in [0.2, 0.25) is 0 Å². The summed E-state index contributed by atoms with van der Waals surface area (Å²) in [5.74, 6) is 0.259. The minimum Gasteiger partial charge on any atom is -0.465 e. The molecule has 0 spiro atoms. The van der Waals surface area contributed by atoms with Crippen LogP contribution in [0.15, 0.2) is 29.2 Å². The molecule has 4 heteroatoms. The molecule has 0 atom stereocenters. The number of Topliss-reactive ketones (excluding diaryl/α,β-unsaturated/α-hetero) is 1. The number of benzene rings is 1. The van der Waals surface area contributed by atoms with Crippen molar-refractivity contribution in [2.24, 2.45) is 5.92 Å². The first-order valence-electron chi connectivity index (χ1n) is 6.97. The number of thioether (sulfide) groups is 1. The lowest BCUT2D eigenvalue weighted by Gasteiger charge is -2.06. The number of esters is 1. The van der Waals surface area contributed by atoms with Crippen LogP contribution < -0.4 is 0 Å². The first-order chi connectivity index (χ1) is 9.54. The Kier molecular flexibility index (Phi) is 7.37. The topological polar surface area (TPSA) is 43.4 Å². The van der Waals surface area contributed by atoms with Gasteiger partial charge in [-0.15, -0.1) is 11.8 Å². The lowest BCUT2D eigenvalue weighted by molar-refractivity contribution is -0.140. The summed E-state index contributed by atoms with van der Waals surface area (Å²) in [5, 5.41) is 0. The van der Waals surface area contributed by atoms with Gasteiger partial charge in [-0.1, -0.05) is 39.3 Å². The summed E-state index contributed by atoms with van der Waals surface area (Å²) in [6.07, 6.45) is 1.92. The van der Waals surface area contributed by atoms with Crippen molar-refractivity contribution < 1.29 is 14.3 Å². The molecule has 0 bridgehead atoms. The smallest absolute Gasteiger partial charge is 0.316 e. The Labute approximate surface area is 125 Å². The van der Waals surface area contributed by atoms with Gasteiger partial charge in [0.15, 0.2) is 5.78 Å². The fraction of sp³-hybridized carbons (Fsp3) is 0.500. The lowest BCUT2D eigenvalue weighted by atomic mass is 10.0. The first-order valence-corrected chi connectivity index (χ1v) is 7.95. The molecule has 0 saturated heterocycles. The van der Waals surface area contributed by atoms with Crippen molar-refractivity contribution in [1.29, 1.82) is 0 Å². The van der Waals surface area contributed by atoms with E-state index in [9.17, 15) is 9.59 Å². The zero-order valence-electron chi connectivity index (χ0n) is 12.3. The van der Waals surface area contributed by atoms with Gasteiger partial charge in [0.05, 0.1) is 12.4 Å². The molecule has 20 heavy (non-hydrogen) atoms. The molecule has 0 aliphatic carbocycles. The summed E-state index contributed by atoms with van der Waals surface area (Å²) >= 11 is 1.43. The Bertz CT molecular complexity index is 438. The fourth-order valence-corrected chi connectivity index (χ4v) is 2.26. The molecular formula is C16H22O3S. The summed E-state index contributed by atoms with van der Waals surface area (Å²) in [5.41, 5.74) is 0.717. The van der Waals surface area contributed by atoms with Crippen LogP contribution >= 0.6 is 11.8 Å². The third-order valence-corrected chi connectivity index (χ3v) is 3.77. The quantitative estimate of drug-likeness (QED) is 0.315. The summed E-state index contributed by atoms with van der Waals surface area (Å²) in [6, 6.07) is 7.37. The molecule has 1 rings (SSSR count). The maximum atomic E-state index is 11.8. The SMILES string of the molecule is CCCCOC(=O)CSc1ccc(C(=O)C(C)C)cc1. The highest BCUT2D eigenvalue weighted by Gasteiger charge is 2.10. The molecule has 0 N–H and O–H groups in total. The number of carbonyl (C=O) groups excluding carboxylic acids is 2. The molecule has 0 aliphatic heterocycles. The zero-order chi connectivity index (χ0) is 15.0. The van der Waals surface area contributed by atoms with Gasteiger partial charge in [0.25, 0.3) is 0 Å². The molecule has 0 heterocycles. The maximum absolute atomic E-state index is 11.8. The molecule has 1 aromatic carbocycles. The Morgan fingerprint density at radius 1 is 1.20 bits per heavy atom. The molecule has 0 saturated carbocycles. The molecule has 0 aromatic heterocycles. The van der Waals surface area contributed by atoms with Crippen LogP contribution in [0, 0.1) is 5.92 Å². The van der Waals surface area contributed by atoms with Gasteiger partial charge >= 0.3 is 5.97 Å². The Hall–Kier alpha value is -1.29. The number of ketones is 1. The highest BCUT2D eigenvalue weighted by Crippen LogP contribution is 2.19. The molecule has 0 fully saturated rings. The van der Waals surface area contributed by atoms with Crippen LogP contribution in [-0.2, 0) is 9.53 Å². The average Bonchev–Trinajstić information content (AvgIpc) is 2.45. The second kappa shape index (κ2) is 8.80. The predicted octanol–water partition coefficient (Wildman–Crippen LogP) is 3.96. The normalized spacial score (nSPS) is 10.6. The van der Waals surface area contributed by atoms with Crippen molar-refractivity contribution in [2.75, 3.05) is 12.4 Å². The van der Waals surface area contributed by atoms with Gasteiger partial charge in [0.1, 0.15) is 0 Å². The van der Waals surface area contributed by atoms with Gasteiger partial charge in [0.2, 0.25) is 0 Å². The second-order valence-corrected chi connectivity index (χ2v) is 5.95. The van der Waals surface area contributed by atoms with E-state index in [2.05, 4.69) is 6.92 Å². The largest absolute Gasteiger partial charge is 0.465 e. The van der Waals surface area contributed by atoms with Gasteiger partial charge in [-0.25, -0.2) is 0 Å². The number of hydrogen-bond donors (Lipinski definition) is 0. The second-order valence-electron chi connectivity index (χ2n) is 4.91. The number of rotatable bonds is 8. The summed E-state index contributed by atoms with van der Waals surface area (Å²) in [6.45, 7) is 6.33. The average molecular weight is 294 g/mol. The van der Waals surface area contributed by atoms with Gasteiger partial charge in [-0.05, 0) is 18.6 Å². The third-order valence-electron chi connectivity index (χ3n) is 2.78. The van der Waals surface area contributed by atoms with E-state index in [0.717, 1.165) is 23.3 Å². The predicted molar refractivity (Wildman–Crippen MR) is 82.2 cm³/mol. The molecule has 0 aliphatic rings. The van der Waals surface area contributed by atoms with E-state index in [-0.39, 0.29) is 17.7 Å². The monoisotopic (exact) mass is 294 g/mol. The molecule has 1 aromatic rings. The van der Waals surface area contributed by atoms with Crippen molar-refractivity contribution in [3.05, 3.63) is 29.8 Å². The number of unbranched alkanes of at least 4 members (excludes halogenated alkanes) is 1. The van der Waals surface area contributed by atoms with E-state index in [0.29, 0.717) is 12.4 Å². The minimum atomic E-state index is -0.189. The molecule has 0 radical (unpaired) electrons. The van der Waals surface area contributed by atoms with E-state index in [1.165, 1.54) is 11.8 Å². The maximum Gasteiger partial charge on any atom is 0.316 e. The molecule has 0 amide bonds. The molecular weight excluding hydrogens is 272 g/mol. The Balaban J connectivity index is 2.42. The van der Waals surface area contributed by atoms with Crippen molar-refractivity contribution in [3.63, 3.8) is 0 Å². The number of ether oxygens (including phenoxy) is 1. The van der Waals surface area contributed by atoms with Gasteiger partial charge in [0, 0.05) is 16.4 Å². The summed E-state index contributed by atoms with van der Waals surface area (Å²) < 4.78 is 5.08. The van der Waals surface area contributed by atoms with Crippen molar-refractivity contribution in [3.8, 4) is 0 Å². The van der Waals surface area contributed by atoms with Crippen LogP contribution in [0.25, 0.3) is 0 Å². The van der Waals surface area contributed by atoms with E-state index < -0.39 is 0 Å². The zero-order valence-corrected chi connectivity index (χ0v) is 13.2. The van der Waals surface area contributed by atoms with Gasteiger partial charge < -0.3 is 4.74 Å². The van der Waals surface area contributed by atoms with Crippen LogP contribution in [-0.4, -0.2) is 24.1 Å². The first kappa shape index (κ1) is 16.8. The van der Waals surface area contributed by atoms with E-state index >= 15 is 0 Å². The third kappa shape index (κ3) is 5.78. The van der Waals surface area contributed by atoms with E-state index in [1.54, 1.807) is 0 Å². The highest BCUT2D eigenvalue weighted by molar-refractivity contribution is 8.00.